The topological polar surface area (TPSA) is 96.2 Å². The van der Waals surface area contributed by atoms with E-state index in [1.807, 2.05) is 25.1 Å². The molecule has 0 saturated heterocycles. The minimum atomic E-state index is -0.617. The second-order valence-electron chi connectivity index (χ2n) is 4.64. The van der Waals surface area contributed by atoms with Crippen molar-refractivity contribution in [1.82, 2.24) is 16.2 Å². The number of carbonyl (C=O) groups is 2. The molecule has 6 nitrogen and oxygen atoms in total. The molecular formula is C14H21ClN4O2. The molecule has 0 aliphatic carbocycles. The molecule has 0 fully saturated rings. The van der Waals surface area contributed by atoms with E-state index in [0.29, 0.717) is 11.4 Å². The second-order valence-corrected chi connectivity index (χ2v) is 5.04. The number of hydrogen-bond acceptors (Lipinski definition) is 3. The monoisotopic (exact) mass is 312 g/mol. The Kier molecular flexibility index (Phi) is 7.56. The number of carbonyl (C=O) groups excluding carboxylic acids is 2. The lowest BCUT2D eigenvalue weighted by molar-refractivity contribution is -0.123. The molecule has 3 amide bonds. The lowest BCUT2D eigenvalue weighted by atomic mass is 10.1. The molecule has 0 saturated carbocycles. The molecule has 0 spiro atoms. The Morgan fingerprint density at radius 3 is 2.67 bits per heavy atom. The summed E-state index contributed by atoms with van der Waals surface area (Å²) in [5.41, 5.74) is 11.0. The largest absolute Gasteiger partial charge is 0.333 e. The minimum Gasteiger partial charge on any atom is -0.333 e. The third-order valence-corrected chi connectivity index (χ3v) is 3.27. The zero-order chi connectivity index (χ0) is 15.7. The first-order valence-corrected chi connectivity index (χ1v) is 7.25. The van der Waals surface area contributed by atoms with Gasteiger partial charge in [-0.3, -0.25) is 10.2 Å². The number of urea groups is 1. The molecule has 0 radical (unpaired) electrons. The Balaban J connectivity index is 2.28. The number of benzene rings is 1. The van der Waals surface area contributed by atoms with Gasteiger partial charge in [0.25, 0.3) is 5.91 Å². The van der Waals surface area contributed by atoms with Crippen LogP contribution >= 0.6 is 11.6 Å². The van der Waals surface area contributed by atoms with E-state index < -0.39 is 18.0 Å². The van der Waals surface area contributed by atoms with Gasteiger partial charge in [0.1, 0.15) is 0 Å². The highest BCUT2D eigenvalue weighted by atomic mass is 35.5. The molecule has 5 N–H and O–H groups in total. The zero-order valence-electron chi connectivity index (χ0n) is 12.0. The van der Waals surface area contributed by atoms with Crippen molar-refractivity contribution < 1.29 is 9.59 Å². The van der Waals surface area contributed by atoms with Crippen LogP contribution in [-0.2, 0) is 11.3 Å². The average molecular weight is 313 g/mol. The van der Waals surface area contributed by atoms with Gasteiger partial charge in [0.15, 0.2) is 0 Å². The van der Waals surface area contributed by atoms with Crippen molar-refractivity contribution in [3.63, 3.8) is 0 Å². The molecule has 7 heteroatoms. The van der Waals surface area contributed by atoms with Crippen LogP contribution in [0.2, 0.25) is 5.02 Å². The van der Waals surface area contributed by atoms with E-state index in [9.17, 15) is 9.59 Å². The van der Waals surface area contributed by atoms with Gasteiger partial charge in [-0.1, -0.05) is 49.6 Å². The van der Waals surface area contributed by atoms with Gasteiger partial charge in [0.05, 0.1) is 6.04 Å². The molecule has 1 rings (SSSR count). The fourth-order valence-electron chi connectivity index (χ4n) is 1.63. The summed E-state index contributed by atoms with van der Waals surface area (Å²) in [6.07, 6.45) is 2.42. The summed E-state index contributed by atoms with van der Waals surface area (Å²) in [6.45, 7) is 2.29. The number of rotatable bonds is 6. The van der Waals surface area contributed by atoms with Gasteiger partial charge in [-0.05, 0) is 18.1 Å². The molecular weight excluding hydrogens is 292 g/mol. The SMILES string of the molecule is CCCCC(N)C(=O)NNC(=O)NCc1ccccc1Cl. The van der Waals surface area contributed by atoms with Crippen LogP contribution in [0.4, 0.5) is 4.79 Å². The van der Waals surface area contributed by atoms with Crippen molar-refractivity contribution >= 4 is 23.5 Å². The van der Waals surface area contributed by atoms with E-state index in [-0.39, 0.29) is 6.54 Å². The van der Waals surface area contributed by atoms with Gasteiger partial charge in [0.2, 0.25) is 0 Å². The van der Waals surface area contributed by atoms with Gasteiger partial charge < -0.3 is 11.1 Å². The quantitative estimate of drug-likeness (QED) is 0.602. The standard InChI is InChI=1S/C14H21ClN4O2/c1-2-3-8-12(16)13(20)18-19-14(21)17-9-10-6-4-5-7-11(10)15/h4-7,12H,2-3,8-9,16H2,1H3,(H,18,20)(H2,17,19,21). The highest BCUT2D eigenvalue weighted by molar-refractivity contribution is 6.31. The van der Waals surface area contributed by atoms with E-state index in [4.69, 9.17) is 17.3 Å². The van der Waals surface area contributed by atoms with Crippen molar-refractivity contribution in [2.45, 2.75) is 38.8 Å². The Morgan fingerprint density at radius 2 is 2.00 bits per heavy atom. The normalized spacial score (nSPS) is 11.6. The fraction of sp³-hybridized carbons (Fsp3) is 0.429. The van der Waals surface area contributed by atoms with Crippen LogP contribution in [0, 0.1) is 0 Å². The molecule has 0 aromatic heterocycles. The van der Waals surface area contributed by atoms with Crippen LogP contribution in [-0.4, -0.2) is 18.0 Å². The lowest BCUT2D eigenvalue weighted by Gasteiger charge is -2.13. The van der Waals surface area contributed by atoms with E-state index in [1.165, 1.54) is 0 Å². The van der Waals surface area contributed by atoms with Gasteiger partial charge >= 0.3 is 6.03 Å². The van der Waals surface area contributed by atoms with E-state index in [2.05, 4.69) is 16.2 Å². The molecule has 1 atom stereocenters. The number of nitrogens with two attached hydrogens (primary N) is 1. The molecule has 1 aromatic rings. The summed E-state index contributed by atoms with van der Waals surface area (Å²) in [5.74, 6) is -0.406. The molecule has 0 bridgehead atoms. The van der Waals surface area contributed by atoms with Gasteiger partial charge in [-0.25, -0.2) is 10.2 Å². The van der Waals surface area contributed by atoms with Crippen LogP contribution < -0.4 is 21.9 Å². The Morgan fingerprint density at radius 1 is 1.29 bits per heavy atom. The molecule has 0 aliphatic rings. The number of hydrogen-bond donors (Lipinski definition) is 4. The average Bonchev–Trinajstić information content (AvgIpc) is 2.49. The summed E-state index contributed by atoms with van der Waals surface area (Å²) in [7, 11) is 0. The number of amides is 3. The predicted octanol–water partition coefficient (Wildman–Crippen LogP) is 1.69. The maximum absolute atomic E-state index is 11.6. The van der Waals surface area contributed by atoms with Crippen molar-refractivity contribution in [2.75, 3.05) is 0 Å². The van der Waals surface area contributed by atoms with Crippen molar-refractivity contribution in [2.24, 2.45) is 5.73 Å². The minimum absolute atomic E-state index is 0.267. The maximum atomic E-state index is 11.6. The molecule has 0 heterocycles. The fourth-order valence-corrected chi connectivity index (χ4v) is 1.83. The molecule has 0 aliphatic heterocycles. The van der Waals surface area contributed by atoms with Crippen molar-refractivity contribution in [1.29, 1.82) is 0 Å². The molecule has 1 aromatic carbocycles. The lowest BCUT2D eigenvalue weighted by Crippen LogP contribution is -2.51. The first kappa shape index (κ1) is 17.3. The number of unbranched alkanes of at least 4 members (excludes halogenated alkanes) is 1. The van der Waals surface area contributed by atoms with Crippen LogP contribution in [0.3, 0.4) is 0 Å². The van der Waals surface area contributed by atoms with Crippen molar-refractivity contribution in [3.05, 3.63) is 34.9 Å². The Hall–Kier alpha value is -1.79. The van der Waals surface area contributed by atoms with Gasteiger partial charge in [0, 0.05) is 11.6 Å². The third-order valence-electron chi connectivity index (χ3n) is 2.90. The van der Waals surface area contributed by atoms with Crippen molar-refractivity contribution in [3.8, 4) is 0 Å². The van der Waals surface area contributed by atoms with Crippen LogP contribution in [0.15, 0.2) is 24.3 Å². The summed E-state index contributed by atoms with van der Waals surface area (Å²) < 4.78 is 0. The van der Waals surface area contributed by atoms with E-state index in [1.54, 1.807) is 6.07 Å². The zero-order valence-corrected chi connectivity index (χ0v) is 12.7. The highest BCUT2D eigenvalue weighted by Crippen LogP contribution is 2.13. The first-order chi connectivity index (χ1) is 10.0. The van der Waals surface area contributed by atoms with Crippen LogP contribution in [0.5, 0.6) is 0 Å². The predicted molar refractivity (Wildman–Crippen MR) is 82.5 cm³/mol. The molecule has 116 valence electrons. The molecule has 21 heavy (non-hydrogen) atoms. The Labute approximate surface area is 129 Å². The summed E-state index contributed by atoms with van der Waals surface area (Å²) in [5, 5.41) is 3.16. The smallest absolute Gasteiger partial charge is 0.333 e. The summed E-state index contributed by atoms with van der Waals surface area (Å²) in [4.78, 5) is 23.1. The maximum Gasteiger partial charge on any atom is 0.333 e. The summed E-state index contributed by atoms with van der Waals surface area (Å²) >= 11 is 5.97. The van der Waals surface area contributed by atoms with Gasteiger partial charge in [-0.15, -0.1) is 0 Å². The van der Waals surface area contributed by atoms with Crippen LogP contribution in [0.1, 0.15) is 31.7 Å². The van der Waals surface area contributed by atoms with Gasteiger partial charge in [-0.2, -0.15) is 0 Å². The third kappa shape index (κ3) is 6.46. The highest BCUT2D eigenvalue weighted by Gasteiger charge is 2.13. The van der Waals surface area contributed by atoms with Crippen LogP contribution in [0.25, 0.3) is 0 Å². The number of nitrogens with one attached hydrogen (secondary N) is 3. The van der Waals surface area contributed by atoms with E-state index in [0.717, 1.165) is 18.4 Å². The molecule has 1 unspecified atom stereocenters. The number of halogens is 1. The second kappa shape index (κ2) is 9.20. The summed E-state index contributed by atoms with van der Waals surface area (Å²) in [6, 6.07) is 6.05. The first-order valence-electron chi connectivity index (χ1n) is 6.87. The number of hydrazine groups is 1. The Bertz CT molecular complexity index is 482. The van der Waals surface area contributed by atoms with E-state index >= 15 is 0 Å².